The molecule has 2 rings (SSSR count). The van der Waals surface area contributed by atoms with Crippen molar-refractivity contribution in [3.05, 3.63) is 65.5 Å². The number of amides is 1. The third-order valence-corrected chi connectivity index (χ3v) is 3.22. The Labute approximate surface area is 123 Å². The van der Waals surface area contributed by atoms with Crippen LogP contribution < -0.4 is 10.1 Å². The van der Waals surface area contributed by atoms with Crippen molar-refractivity contribution in [3.63, 3.8) is 0 Å². The Balaban J connectivity index is 1.84. The van der Waals surface area contributed by atoms with Crippen molar-refractivity contribution in [2.75, 3.05) is 13.7 Å². The molecule has 0 bridgehead atoms. The zero-order valence-corrected chi connectivity index (χ0v) is 11.9. The number of methoxy groups -OCH3 is 1. The fourth-order valence-electron chi connectivity index (χ4n) is 2.12. The summed E-state index contributed by atoms with van der Waals surface area (Å²) in [5, 5.41) is 2.80. The van der Waals surface area contributed by atoms with E-state index in [-0.39, 0.29) is 18.1 Å². The number of halogens is 1. The molecule has 1 amide bonds. The van der Waals surface area contributed by atoms with E-state index in [9.17, 15) is 9.18 Å². The standard InChI is InChI=1S/C17H18FNO2/c1-21-16-9-5-3-7-14(16)12-17(20)19-11-10-13-6-2-4-8-15(13)18/h2-9H,10-12H2,1H3,(H,19,20). The van der Waals surface area contributed by atoms with Crippen molar-refractivity contribution in [1.82, 2.24) is 5.32 Å². The Morgan fingerprint density at radius 3 is 2.48 bits per heavy atom. The maximum absolute atomic E-state index is 13.4. The molecule has 0 aromatic heterocycles. The summed E-state index contributed by atoms with van der Waals surface area (Å²) in [5.74, 6) is 0.356. The van der Waals surface area contributed by atoms with E-state index < -0.39 is 0 Å². The maximum atomic E-state index is 13.4. The number of benzene rings is 2. The Bertz CT molecular complexity index is 613. The van der Waals surface area contributed by atoms with Crippen LogP contribution in [0.3, 0.4) is 0 Å². The van der Waals surface area contributed by atoms with E-state index in [0.717, 1.165) is 5.56 Å². The molecule has 2 aromatic rings. The van der Waals surface area contributed by atoms with E-state index in [1.54, 1.807) is 25.3 Å². The molecule has 0 radical (unpaired) electrons. The normalized spacial score (nSPS) is 10.2. The van der Waals surface area contributed by atoms with Crippen molar-refractivity contribution in [1.29, 1.82) is 0 Å². The van der Waals surface area contributed by atoms with Gasteiger partial charge in [0.25, 0.3) is 0 Å². The van der Waals surface area contributed by atoms with Crippen LogP contribution in [0.5, 0.6) is 5.75 Å². The van der Waals surface area contributed by atoms with Gasteiger partial charge in [0.2, 0.25) is 5.91 Å². The summed E-state index contributed by atoms with van der Waals surface area (Å²) in [6.07, 6.45) is 0.728. The average Bonchev–Trinajstić information content (AvgIpc) is 2.50. The Kier molecular flexibility index (Phi) is 5.32. The first kappa shape index (κ1) is 15.0. The first-order valence-electron chi connectivity index (χ1n) is 6.82. The molecule has 0 aliphatic heterocycles. The minimum atomic E-state index is -0.239. The summed E-state index contributed by atoms with van der Waals surface area (Å²) in [6, 6.07) is 14.0. The van der Waals surface area contributed by atoms with Crippen molar-refractivity contribution in [2.24, 2.45) is 0 Å². The minimum absolute atomic E-state index is 0.101. The average molecular weight is 287 g/mol. The van der Waals surface area contributed by atoms with E-state index in [4.69, 9.17) is 4.74 Å². The molecule has 0 heterocycles. The maximum Gasteiger partial charge on any atom is 0.224 e. The fourth-order valence-corrected chi connectivity index (χ4v) is 2.12. The molecule has 0 aliphatic rings. The van der Waals surface area contributed by atoms with Crippen LogP contribution in [0, 0.1) is 5.82 Å². The van der Waals surface area contributed by atoms with Crippen LogP contribution in [0.1, 0.15) is 11.1 Å². The third-order valence-electron chi connectivity index (χ3n) is 3.22. The Morgan fingerprint density at radius 2 is 1.76 bits per heavy atom. The van der Waals surface area contributed by atoms with E-state index >= 15 is 0 Å². The van der Waals surface area contributed by atoms with E-state index in [1.807, 2.05) is 24.3 Å². The van der Waals surface area contributed by atoms with Gasteiger partial charge in [0, 0.05) is 12.1 Å². The summed E-state index contributed by atoms with van der Waals surface area (Å²) in [4.78, 5) is 11.9. The number of carbonyl (C=O) groups excluding carboxylic acids is 1. The van der Waals surface area contributed by atoms with Gasteiger partial charge < -0.3 is 10.1 Å². The van der Waals surface area contributed by atoms with Crippen LogP contribution in [0.25, 0.3) is 0 Å². The number of hydrogen-bond acceptors (Lipinski definition) is 2. The highest BCUT2D eigenvalue weighted by Gasteiger charge is 2.08. The second-order valence-electron chi connectivity index (χ2n) is 4.68. The molecule has 4 heteroatoms. The third kappa shape index (κ3) is 4.31. The predicted octanol–water partition coefficient (Wildman–Crippen LogP) is 2.74. The highest BCUT2D eigenvalue weighted by atomic mass is 19.1. The van der Waals surface area contributed by atoms with Crippen molar-refractivity contribution in [2.45, 2.75) is 12.8 Å². The molecule has 0 fully saturated rings. The van der Waals surface area contributed by atoms with Gasteiger partial charge in [0.05, 0.1) is 13.5 Å². The molecule has 0 unspecified atom stereocenters. The van der Waals surface area contributed by atoms with Gasteiger partial charge in [-0.1, -0.05) is 36.4 Å². The number of ether oxygens (including phenoxy) is 1. The van der Waals surface area contributed by atoms with Crippen molar-refractivity contribution < 1.29 is 13.9 Å². The van der Waals surface area contributed by atoms with Crippen LogP contribution in [0.2, 0.25) is 0 Å². The van der Waals surface area contributed by atoms with Gasteiger partial charge in [0.1, 0.15) is 11.6 Å². The van der Waals surface area contributed by atoms with E-state index in [2.05, 4.69) is 5.32 Å². The fraction of sp³-hybridized carbons (Fsp3) is 0.235. The summed E-state index contributed by atoms with van der Waals surface area (Å²) in [6.45, 7) is 0.412. The lowest BCUT2D eigenvalue weighted by atomic mass is 10.1. The van der Waals surface area contributed by atoms with Gasteiger partial charge in [0.15, 0.2) is 0 Å². The topological polar surface area (TPSA) is 38.3 Å². The molecule has 0 spiro atoms. The van der Waals surface area contributed by atoms with Crippen LogP contribution in [0.15, 0.2) is 48.5 Å². The molecule has 2 aromatic carbocycles. The van der Waals surface area contributed by atoms with E-state index in [0.29, 0.717) is 24.3 Å². The predicted molar refractivity (Wildman–Crippen MR) is 79.8 cm³/mol. The molecule has 0 atom stereocenters. The van der Waals surface area contributed by atoms with Gasteiger partial charge >= 0.3 is 0 Å². The molecule has 21 heavy (non-hydrogen) atoms. The highest BCUT2D eigenvalue weighted by molar-refractivity contribution is 5.79. The summed E-state index contributed by atoms with van der Waals surface area (Å²) in [7, 11) is 1.58. The monoisotopic (exact) mass is 287 g/mol. The largest absolute Gasteiger partial charge is 0.496 e. The number of rotatable bonds is 6. The van der Waals surface area contributed by atoms with E-state index in [1.165, 1.54) is 6.07 Å². The Hall–Kier alpha value is -2.36. The van der Waals surface area contributed by atoms with Gasteiger partial charge in [-0.25, -0.2) is 4.39 Å². The number of nitrogens with one attached hydrogen (secondary N) is 1. The molecule has 0 saturated heterocycles. The van der Waals surface area contributed by atoms with Crippen LogP contribution in [-0.4, -0.2) is 19.6 Å². The Morgan fingerprint density at radius 1 is 1.10 bits per heavy atom. The molecule has 110 valence electrons. The second kappa shape index (κ2) is 7.43. The molecule has 3 nitrogen and oxygen atoms in total. The summed E-state index contributed by atoms with van der Waals surface area (Å²) in [5.41, 5.74) is 1.44. The molecule has 1 N–H and O–H groups in total. The molecule has 0 aliphatic carbocycles. The van der Waals surface area contributed by atoms with Crippen molar-refractivity contribution in [3.8, 4) is 5.75 Å². The highest BCUT2D eigenvalue weighted by Crippen LogP contribution is 2.17. The SMILES string of the molecule is COc1ccccc1CC(=O)NCCc1ccccc1F. The van der Waals surface area contributed by atoms with Gasteiger partial charge in [-0.15, -0.1) is 0 Å². The van der Waals surface area contributed by atoms with Crippen LogP contribution >= 0.6 is 0 Å². The summed E-state index contributed by atoms with van der Waals surface area (Å²) >= 11 is 0. The number of carbonyl (C=O) groups is 1. The van der Waals surface area contributed by atoms with Crippen LogP contribution in [0.4, 0.5) is 4.39 Å². The number of para-hydroxylation sites is 1. The van der Waals surface area contributed by atoms with Gasteiger partial charge in [-0.05, 0) is 24.1 Å². The first-order chi connectivity index (χ1) is 10.2. The lowest BCUT2D eigenvalue weighted by Crippen LogP contribution is -2.27. The minimum Gasteiger partial charge on any atom is -0.496 e. The number of hydrogen-bond donors (Lipinski definition) is 1. The molecular weight excluding hydrogens is 269 g/mol. The van der Waals surface area contributed by atoms with Gasteiger partial charge in [-0.3, -0.25) is 4.79 Å². The van der Waals surface area contributed by atoms with Gasteiger partial charge in [-0.2, -0.15) is 0 Å². The second-order valence-corrected chi connectivity index (χ2v) is 4.68. The quantitative estimate of drug-likeness (QED) is 0.887. The zero-order chi connectivity index (χ0) is 15.1. The van der Waals surface area contributed by atoms with Crippen molar-refractivity contribution >= 4 is 5.91 Å². The van der Waals surface area contributed by atoms with Crippen LogP contribution in [-0.2, 0) is 17.6 Å². The zero-order valence-electron chi connectivity index (χ0n) is 11.9. The molecule has 0 saturated carbocycles. The summed E-state index contributed by atoms with van der Waals surface area (Å²) < 4.78 is 18.6. The lowest BCUT2D eigenvalue weighted by molar-refractivity contribution is -0.120. The smallest absolute Gasteiger partial charge is 0.224 e. The first-order valence-corrected chi connectivity index (χ1v) is 6.82. The lowest BCUT2D eigenvalue weighted by Gasteiger charge is -2.09. The molecular formula is C17H18FNO2.